The van der Waals surface area contributed by atoms with E-state index in [0.717, 1.165) is 24.3 Å². The maximum Gasteiger partial charge on any atom is 0.246 e. The van der Waals surface area contributed by atoms with E-state index in [-0.39, 0.29) is 12.0 Å². The van der Waals surface area contributed by atoms with E-state index in [4.69, 9.17) is 11.6 Å². The van der Waals surface area contributed by atoms with Gasteiger partial charge in [0.15, 0.2) is 0 Å². The first-order chi connectivity index (χ1) is 8.15. The lowest BCUT2D eigenvalue weighted by Gasteiger charge is -2.29. The van der Waals surface area contributed by atoms with Gasteiger partial charge in [-0.15, -0.1) is 11.3 Å². The smallest absolute Gasteiger partial charge is 0.246 e. The van der Waals surface area contributed by atoms with Crippen molar-refractivity contribution >= 4 is 34.9 Å². The molecule has 92 valence electrons. The van der Waals surface area contributed by atoms with Crippen LogP contribution < -0.4 is 0 Å². The van der Waals surface area contributed by atoms with Crippen LogP contribution in [-0.2, 0) is 4.79 Å². The first kappa shape index (κ1) is 12.6. The molecule has 0 aliphatic carbocycles. The Hall–Kier alpha value is -0.840. The second-order valence-electron chi connectivity index (χ2n) is 4.06. The molecule has 1 fully saturated rings. The van der Waals surface area contributed by atoms with Gasteiger partial charge in [0.25, 0.3) is 0 Å². The Balaban J connectivity index is 1.94. The van der Waals surface area contributed by atoms with Crippen LogP contribution in [0.3, 0.4) is 0 Å². The Bertz CT molecular complexity index is 430. The molecule has 17 heavy (non-hydrogen) atoms. The average Bonchev–Trinajstić information content (AvgIpc) is 2.72. The summed E-state index contributed by atoms with van der Waals surface area (Å²) in [5.74, 6) is -0.0479. The molecule has 5 heteroatoms. The lowest BCUT2D eigenvalue weighted by Crippen LogP contribution is -2.41. The van der Waals surface area contributed by atoms with E-state index in [0.29, 0.717) is 10.9 Å². The number of thiophene rings is 1. The molecule has 1 aliphatic heterocycles. The topological polar surface area (TPSA) is 40.5 Å². The Morgan fingerprint density at radius 2 is 2.41 bits per heavy atom. The number of hydrogen-bond acceptors (Lipinski definition) is 3. The second kappa shape index (κ2) is 5.67. The standard InChI is InChI=1S/C12H14ClNO2S/c13-11-5-3-10(17-11)4-6-12(16)14-7-1-2-9(15)8-14/h3-6,9,15H,1-2,7-8H2/b6-4+/t9-/m0/s1. The van der Waals surface area contributed by atoms with Gasteiger partial charge in [-0.3, -0.25) is 4.79 Å². The van der Waals surface area contributed by atoms with Crippen LogP contribution in [0.25, 0.3) is 6.08 Å². The number of likely N-dealkylation sites (tertiary alicyclic amines) is 1. The summed E-state index contributed by atoms with van der Waals surface area (Å²) < 4.78 is 0.713. The largest absolute Gasteiger partial charge is 0.391 e. The molecule has 1 atom stereocenters. The lowest BCUT2D eigenvalue weighted by molar-refractivity contribution is -0.128. The molecule has 1 aromatic heterocycles. The van der Waals surface area contributed by atoms with Crippen molar-refractivity contribution in [2.45, 2.75) is 18.9 Å². The zero-order valence-electron chi connectivity index (χ0n) is 9.30. The van der Waals surface area contributed by atoms with Crippen molar-refractivity contribution in [3.63, 3.8) is 0 Å². The van der Waals surface area contributed by atoms with Crippen molar-refractivity contribution in [1.29, 1.82) is 0 Å². The van der Waals surface area contributed by atoms with Crippen LogP contribution in [0.15, 0.2) is 18.2 Å². The summed E-state index contributed by atoms with van der Waals surface area (Å²) in [5, 5.41) is 9.48. The predicted octanol–water partition coefficient (Wildman–Crippen LogP) is 2.40. The number of hydrogen-bond donors (Lipinski definition) is 1. The molecule has 0 aromatic carbocycles. The summed E-state index contributed by atoms with van der Waals surface area (Å²) in [4.78, 5) is 14.5. The van der Waals surface area contributed by atoms with Gasteiger partial charge in [-0.05, 0) is 31.1 Å². The first-order valence-electron chi connectivity index (χ1n) is 5.55. The molecule has 1 N–H and O–H groups in total. The molecule has 2 rings (SSSR count). The number of amides is 1. The molecule has 0 unspecified atom stereocenters. The van der Waals surface area contributed by atoms with Crippen LogP contribution in [0.2, 0.25) is 4.34 Å². The summed E-state index contributed by atoms with van der Waals surface area (Å²) in [7, 11) is 0. The SMILES string of the molecule is O=C(/C=C/c1ccc(Cl)s1)N1CCC[C@H](O)C1. The van der Waals surface area contributed by atoms with E-state index in [9.17, 15) is 9.90 Å². The molecular weight excluding hydrogens is 258 g/mol. The number of halogens is 1. The lowest BCUT2D eigenvalue weighted by atomic mass is 10.1. The number of piperidine rings is 1. The van der Waals surface area contributed by atoms with Crippen molar-refractivity contribution in [2.24, 2.45) is 0 Å². The van der Waals surface area contributed by atoms with E-state index in [1.807, 2.05) is 6.07 Å². The highest BCUT2D eigenvalue weighted by molar-refractivity contribution is 7.17. The molecule has 2 heterocycles. The number of β-amino-alcohol motifs (C(OH)–C–C–N with tert-alkyl or cyclic N) is 1. The van der Waals surface area contributed by atoms with Gasteiger partial charge in [0.05, 0.1) is 10.4 Å². The van der Waals surface area contributed by atoms with E-state index in [1.54, 1.807) is 23.1 Å². The third-order valence-corrected chi connectivity index (χ3v) is 3.89. The van der Waals surface area contributed by atoms with E-state index in [2.05, 4.69) is 0 Å². The molecule has 0 saturated carbocycles. The number of carbonyl (C=O) groups is 1. The zero-order valence-corrected chi connectivity index (χ0v) is 10.9. The molecule has 0 bridgehead atoms. The molecule has 1 aromatic rings. The van der Waals surface area contributed by atoms with Crippen molar-refractivity contribution in [2.75, 3.05) is 13.1 Å². The van der Waals surface area contributed by atoms with Crippen molar-refractivity contribution < 1.29 is 9.90 Å². The van der Waals surface area contributed by atoms with Crippen LogP contribution in [-0.4, -0.2) is 35.1 Å². The second-order valence-corrected chi connectivity index (χ2v) is 5.80. The first-order valence-corrected chi connectivity index (χ1v) is 6.75. The van der Waals surface area contributed by atoms with Gasteiger partial charge >= 0.3 is 0 Å². The van der Waals surface area contributed by atoms with Crippen molar-refractivity contribution in [3.05, 3.63) is 27.4 Å². The fraction of sp³-hybridized carbons (Fsp3) is 0.417. The van der Waals surface area contributed by atoms with Crippen molar-refractivity contribution in [1.82, 2.24) is 4.90 Å². The summed E-state index contributed by atoms with van der Waals surface area (Å²) in [6.45, 7) is 1.17. The van der Waals surface area contributed by atoms with Gasteiger partial charge in [0.2, 0.25) is 5.91 Å². The number of aliphatic hydroxyl groups excluding tert-OH is 1. The van der Waals surface area contributed by atoms with Gasteiger partial charge in [0, 0.05) is 24.0 Å². The number of rotatable bonds is 2. The number of nitrogens with zero attached hydrogens (tertiary/aromatic N) is 1. The molecule has 0 spiro atoms. The minimum atomic E-state index is -0.378. The van der Waals surface area contributed by atoms with E-state index < -0.39 is 0 Å². The van der Waals surface area contributed by atoms with Crippen LogP contribution in [0.1, 0.15) is 17.7 Å². The van der Waals surface area contributed by atoms with Gasteiger partial charge < -0.3 is 10.0 Å². The fourth-order valence-corrected chi connectivity index (χ4v) is 2.80. The average molecular weight is 272 g/mol. The van der Waals surface area contributed by atoms with Crippen LogP contribution in [0, 0.1) is 0 Å². The number of aliphatic hydroxyl groups is 1. The van der Waals surface area contributed by atoms with Crippen LogP contribution >= 0.6 is 22.9 Å². The van der Waals surface area contributed by atoms with Crippen LogP contribution in [0.4, 0.5) is 0 Å². The van der Waals surface area contributed by atoms with E-state index in [1.165, 1.54) is 11.3 Å². The predicted molar refractivity (Wildman–Crippen MR) is 70.2 cm³/mol. The van der Waals surface area contributed by atoms with Gasteiger partial charge in [0.1, 0.15) is 0 Å². The highest BCUT2D eigenvalue weighted by Crippen LogP contribution is 2.22. The molecule has 1 aliphatic rings. The quantitative estimate of drug-likeness (QED) is 0.839. The van der Waals surface area contributed by atoms with Gasteiger partial charge in [-0.1, -0.05) is 11.6 Å². The molecule has 1 amide bonds. The highest BCUT2D eigenvalue weighted by Gasteiger charge is 2.20. The third kappa shape index (κ3) is 3.56. The Morgan fingerprint density at radius 1 is 1.59 bits per heavy atom. The minimum Gasteiger partial charge on any atom is -0.391 e. The third-order valence-electron chi connectivity index (χ3n) is 2.69. The zero-order chi connectivity index (χ0) is 12.3. The summed E-state index contributed by atoms with van der Waals surface area (Å²) in [6.07, 6.45) is 4.58. The minimum absolute atomic E-state index is 0.0479. The molecule has 0 radical (unpaired) electrons. The molecule has 1 saturated heterocycles. The maximum absolute atomic E-state index is 11.8. The van der Waals surface area contributed by atoms with Gasteiger partial charge in [-0.2, -0.15) is 0 Å². The fourth-order valence-electron chi connectivity index (χ4n) is 1.83. The highest BCUT2D eigenvalue weighted by atomic mass is 35.5. The molecular formula is C12H14ClNO2S. The van der Waals surface area contributed by atoms with Crippen molar-refractivity contribution in [3.8, 4) is 0 Å². The monoisotopic (exact) mass is 271 g/mol. The summed E-state index contributed by atoms with van der Waals surface area (Å²) in [6, 6.07) is 3.68. The van der Waals surface area contributed by atoms with Crippen LogP contribution in [0.5, 0.6) is 0 Å². The summed E-state index contributed by atoms with van der Waals surface area (Å²) in [5.41, 5.74) is 0. The maximum atomic E-state index is 11.8. The van der Waals surface area contributed by atoms with E-state index >= 15 is 0 Å². The van der Waals surface area contributed by atoms with Gasteiger partial charge in [-0.25, -0.2) is 0 Å². The Morgan fingerprint density at radius 3 is 3.06 bits per heavy atom. The normalized spacial score (nSPS) is 21.1. The Labute approximate surface area is 109 Å². The molecule has 3 nitrogen and oxygen atoms in total. The number of carbonyl (C=O) groups excluding carboxylic acids is 1. The summed E-state index contributed by atoms with van der Waals surface area (Å²) >= 11 is 7.24. The Kier molecular flexibility index (Phi) is 4.20.